The summed E-state index contributed by atoms with van der Waals surface area (Å²) in [4.78, 5) is 25.2. The zero-order valence-corrected chi connectivity index (χ0v) is 21.8. The molecule has 3 heterocycles. The van der Waals surface area contributed by atoms with Crippen molar-refractivity contribution in [2.24, 2.45) is 0 Å². The number of benzene rings is 2. The van der Waals surface area contributed by atoms with Gasteiger partial charge in [-0.25, -0.2) is 9.97 Å². The molecule has 1 amide bonds. The van der Waals surface area contributed by atoms with Gasteiger partial charge in [-0.1, -0.05) is 24.2 Å². The molecule has 0 saturated carbocycles. The molecule has 1 aliphatic heterocycles. The van der Waals surface area contributed by atoms with Crippen LogP contribution in [-0.2, 0) is 16.1 Å². The number of amides is 1. The zero-order valence-electron chi connectivity index (χ0n) is 21.0. The Kier molecular flexibility index (Phi) is 8.47. The number of fused-ring (bicyclic) bond motifs is 1. The fraction of sp³-hybridized carbons (Fsp3) is 0.214. The molecule has 1 atom stereocenters. The summed E-state index contributed by atoms with van der Waals surface area (Å²) in [5, 5.41) is 10.6. The molecule has 4 aromatic rings. The van der Waals surface area contributed by atoms with E-state index in [1.54, 1.807) is 30.5 Å². The molecule has 39 heavy (non-hydrogen) atoms. The number of anilines is 3. The highest BCUT2D eigenvalue weighted by molar-refractivity contribution is 6.32. The molecule has 0 aliphatic carbocycles. The highest BCUT2D eigenvalue weighted by Crippen LogP contribution is 2.35. The van der Waals surface area contributed by atoms with Gasteiger partial charge in [0.15, 0.2) is 0 Å². The SMILES string of the molecule is C=CC(=O)Nc1cc2c(Nc3ccc(OCc4ccccn4)c(Cl)c3)ncnc2cc1OCC1COCCN1. The Bertz CT molecular complexity index is 1460. The second kappa shape index (κ2) is 12.5. The van der Waals surface area contributed by atoms with Gasteiger partial charge in [0.2, 0.25) is 5.91 Å². The quantitative estimate of drug-likeness (QED) is 0.247. The minimum absolute atomic E-state index is 0.0423. The molecule has 11 heteroatoms. The van der Waals surface area contributed by atoms with E-state index in [4.69, 9.17) is 25.8 Å². The molecule has 1 fully saturated rings. The van der Waals surface area contributed by atoms with Gasteiger partial charge in [0.25, 0.3) is 0 Å². The van der Waals surface area contributed by atoms with E-state index in [0.29, 0.717) is 71.0 Å². The highest BCUT2D eigenvalue weighted by Gasteiger charge is 2.17. The second-order valence-electron chi connectivity index (χ2n) is 8.70. The van der Waals surface area contributed by atoms with Crippen LogP contribution >= 0.6 is 11.6 Å². The molecular formula is C28H27ClN6O4. The number of morpholine rings is 1. The molecule has 1 aliphatic rings. The Labute approximate surface area is 230 Å². The normalized spacial score (nSPS) is 14.9. The molecule has 10 nitrogen and oxygen atoms in total. The number of halogens is 1. The molecule has 2 aromatic carbocycles. The molecule has 2 aromatic heterocycles. The van der Waals surface area contributed by atoms with Crippen molar-refractivity contribution in [1.29, 1.82) is 0 Å². The number of pyridine rings is 1. The summed E-state index contributed by atoms with van der Waals surface area (Å²) in [6.45, 7) is 6.20. The predicted molar refractivity (Wildman–Crippen MR) is 150 cm³/mol. The predicted octanol–water partition coefficient (Wildman–Crippen LogP) is 4.49. The highest BCUT2D eigenvalue weighted by atomic mass is 35.5. The molecule has 0 bridgehead atoms. The number of aromatic nitrogens is 3. The first-order valence-corrected chi connectivity index (χ1v) is 12.7. The van der Waals surface area contributed by atoms with Crippen LogP contribution in [0, 0.1) is 0 Å². The first-order chi connectivity index (χ1) is 19.1. The smallest absolute Gasteiger partial charge is 0.247 e. The van der Waals surface area contributed by atoms with Crippen molar-refractivity contribution in [2.45, 2.75) is 12.6 Å². The number of carbonyl (C=O) groups is 1. The number of nitrogens with one attached hydrogen (secondary N) is 3. The largest absolute Gasteiger partial charge is 0.490 e. The third-order valence-corrected chi connectivity index (χ3v) is 6.21. The number of ether oxygens (including phenoxy) is 3. The van der Waals surface area contributed by atoms with Crippen LogP contribution in [0.5, 0.6) is 11.5 Å². The molecule has 3 N–H and O–H groups in total. The third kappa shape index (κ3) is 6.80. The molecule has 1 unspecified atom stereocenters. The van der Waals surface area contributed by atoms with Crippen LogP contribution in [0.2, 0.25) is 5.02 Å². The Morgan fingerprint density at radius 3 is 2.85 bits per heavy atom. The van der Waals surface area contributed by atoms with Crippen molar-refractivity contribution in [2.75, 3.05) is 37.0 Å². The number of nitrogens with zero attached hydrogens (tertiary/aromatic N) is 3. The molecule has 1 saturated heterocycles. The first kappa shape index (κ1) is 26.4. The van der Waals surface area contributed by atoms with Crippen LogP contribution in [0.25, 0.3) is 10.9 Å². The van der Waals surface area contributed by atoms with Gasteiger partial charge < -0.3 is 30.2 Å². The van der Waals surface area contributed by atoms with Crippen molar-refractivity contribution < 1.29 is 19.0 Å². The van der Waals surface area contributed by atoms with Gasteiger partial charge in [0, 0.05) is 29.9 Å². The minimum Gasteiger partial charge on any atom is -0.490 e. The number of hydrogen-bond acceptors (Lipinski definition) is 9. The van der Waals surface area contributed by atoms with Crippen LogP contribution in [0.15, 0.2) is 73.7 Å². The fourth-order valence-corrected chi connectivity index (χ4v) is 4.20. The van der Waals surface area contributed by atoms with E-state index in [9.17, 15) is 4.79 Å². The van der Waals surface area contributed by atoms with Crippen LogP contribution in [0.4, 0.5) is 17.2 Å². The summed E-state index contributed by atoms with van der Waals surface area (Å²) in [5.41, 5.74) is 2.60. The van der Waals surface area contributed by atoms with Gasteiger partial charge in [0.1, 0.15) is 36.9 Å². The monoisotopic (exact) mass is 546 g/mol. The topological polar surface area (TPSA) is 120 Å². The lowest BCUT2D eigenvalue weighted by Crippen LogP contribution is -2.44. The van der Waals surface area contributed by atoms with Crippen LogP contribution in [-0.4, -0.2) is 53.3 Å². The summed E-state index contributed by atoms with van der Waals surface area (Å²) >= 11 is 6.49. The zero-order chi connectivity index (χ0) is 27.0. The van der Waals surface area contributed by atoms with E-state index in [2.05, 4.69) is 37.5 Å². The summed E-state index contributed by atoms with van der Waals surface area (Å²) in [6.07, 6.45) is 4.37. The Morgan fingerprint density at radius 2 is 2.08 bits per heavy atom. The summed E-state index contributed by atoms with van der Waals surface area (Å²) in [5.74, 6) is 1.18. The van der Waals surface area contributed by atoms with Gasteiger partial charge in [-0.05, 0) is 42.5 Å². The lowest BCUT2D eigenvalue weighted by atomic mass is 10.1. The van der Waals surface area contributed by atoms with Crippen molar-refractivity contribution in [3.05, 3.63) is 84.4 Å². The van der Waals surface area contributed by atoms with Crippen LogP contribution < -0.4 is 25.4 Å². The standard InChI is InChI=1S/C28H27ClN6O4/c1-2-27(36)35-24-12-21-23(13-26(24)39-16-20-14-37-10-9-31-20)32-17-33-28(21)34-18-6-7-25(22(29)11-18)38-15-19-5-3-4-8-30-19/h2-8,11-13,17,20,31H,1,9-10,14-16H2,(H,35,36)(H,32,33,34). The molecule has 0 radical (unpaired) electrons. The Hall–Kier alpha value is -4.25. The van der Waals surface area contributed by atoms with E-state index >= 15 is 0 Å². The average Bonchev–Trinajstić information content (AvgIpc) is 2.97. The Balaban J connectivity index is 1.37. The second-order valence-corrected chi connectivity index (χ2v) is 9.11. The fourth-order valence-electron chi connectivity index (χ4n) is 3.97. The summed E-state index contributed by atoms with van der Waals surface area (Å²) < 4.78 is 17.4. The lowest BCUT2D eigenvalue weighted by Gasteiger charge is -2.24. The van der Waals surface area contributed by atoms with Crippen molar-refractivity contribution in [3.8, 4) is 11.5 Å². The number of rotatable bonds is 10. The lowest BCUT2D eigenvalue weighted by molar-refractivity contribution is -0.111. The van der Waals surface area contributed by atoms with Crippen LogP contribution in [0.3, 0.4) is 0 Å². The first-order valence-electron chi connectivity index (χ1n) is 12.3. The van der Waals surface area contributed by atoms with E-state index < -0.39 is 0 Å². The van der Waals surface area contributed by atoms with Crippen molar-refractivity contribution >= 4 is 45.6 Å². The van der Waals surface area contributed by atoms with Gasteiger partial charge in [0.05, 0.1) is 41.2 Å². The van der Waals surface area contributed by atoms with E-state index in [1.807, 2.05) is 24.3 Å². The number of carbonyl (C=O) groups excluding carboxylic acids is 1. The van der Waals surface area contributed by atoms with Crippen molar-refractivity contribution in [1.82, 2.24) is 20.3 Å². The summed E-state index contributed by atoms with van der Waals surface area (Å²) in [6, 6.07) is 14.6. The van der Waals surface area contributed by atoms with Gasteiger partial charge in [-0.3, -0.25) is 9.78 Å². The maximum Gasteiger partial charge on any atom is 0.247 e. The van der Waals surface area contributed by atoms with Crippen molar-refractivity contribution in [3.63, 3.8) is 0 Å². The van der Waals surface area contributed by atoms with Gasteiger partial charge in [-0.2, -0.15) is 0 Å². The van der Waals surface area contributed by atoms with E-state index in [0.717, 1.165) is 12.2 Å². The van der Waals surface area contributed by atoms with Crippen LogP contribution in [0.1, 0.15) is 5.69 Å². The molecule has 0 spiro atoms. The average molecular weight is 547 g/mol. The maximum atomic E-state index is 12.2. The number of hydrogen-bond donors (Lipinski definition) is 3. The Morgan fingerprint density at radius 1 is 1.15 bits per heavy atom. The third-order valence-electron chi connectivity index (χ3n) is 5.91. The van der Waals surface area contributed by atoms with Gasteiger partial charge in [-0.15, -0.1) is 0 Å². The maximum absolute atomic E-state index is 12.2. The molecule has 200 valence electrons. The van der Waals surface area contributed by atoms with E-state index in [1.165, 1.54) is 12.4 Å². The molecular weight excluding hydrogens is 520 g/mol. The molecule has 5 rings (SSSR count). The minimum atomic E-state index is -0.363. The van der Waals surface area contributed by atoms with E-state index in [-0.39, 0.29) is 11.9 Å². The van der Waals surface area contributed by atoms with Gasteiger partial charge >= 0.3 is 0 Å². The summed E-state index contributed by atoms with van der Waals surface area (Å²) in [7, 11) is 0.